The lowest BCUT2D eigenvalue weighted by molar-refractivity contribution is -0.138. The van der Waals surface area contributed by atoms with Crippen molar-refractivity contribution in [3.05, 3.63) is 64.7 Å². The van der Waals surface area contributed by atoms with Gasteiger partial charge in [-0.3, -0.25) is 9.69 Å². The molecule has 3 aromatic rings. The number of likely N-dealkylation sites (N-methyl/N-ethyl adjacent to an activating group) is 1. The lowest BCUT2D eigenvalue weighted by Gasteiger charge is -2.44. The molecule has 2 aliphatic rings. The van der Waals surface area contributed by atoms with Crippen molar-refractivity contribution >= 4 is 29.2 Å². The van der Waals surface area contributed by atoms with Crippen LogP contribution in [0.5, 0.6) is 0 Å². The molecule has 2 aromatic carbocycles. The topological polar surface area (TPSA) is 111 Å². The number of carbonyl (C=O) groups excluding carboxylic acids is 1. The van der Waals surface area contributed by atoms with E-state index in [1.54, 1.807) is 4.90 Å². The van der Waals surface area contributed by atoms with Crippen molar-refractivity contribution in [2.45, 2.75) is 45.1 Å². The molecule has 0 bridgehead atoms. The van der Waals surface area contributed by atoms with Crippen LogP contribution < -0.4 is 15.1 Å². The molecular formula is C31H32F6N6O4. The number of piperazine rings is 1. The molecular weight excluding hydrogens is 634 g/mol. The highest BCUT2D eigenvalue weighted by Gasteiger charge is 2.42. The number of benzene rings is 2. The molecule has 0 spiro atoms. The number of rotatable bonds is 6. The van der Waals surface area contributed by atoms with Crippen LogP contribution in [0.15, 0.2) is 30.6 Å². The van der Waals surface area contributed by atoms with E-state index in [-0.39, 0.29) is 42.5 Å². The van der Waals surface area contributed by atoms with E-state index < -0.39 is 63.4 Å². The van der Waals surface area contributed by atoms with Crippen molar-refractivity contribution in [3.63, 3.8) is 0 Å². The first-order valence-electron chi connectivity index (χ1n) is 14.7. The number of halogens is 6. The molecule has 0 saturated carbocycles. The summed E-state index contributed by atoms with van der Waals surface area (Å²) in [4.78, 5) is 39.0. The van der Waals surface area contributed by atoms with Gasteiger partial charge in [0, 0.05) is 62.3 Å². The Morgan fingerprint density at radius 1 is 0.979 bits per heavy atom. The average molecular weight is 667 g/mol. The maximum Gasteiger partial charge on any atom is 0.418 e. The van der Waals surface area contributed by atoms with Crippen molar-refractivity contribution < 1.29 is 45.8 Å². The average Bonchev–Trinajstić information content (AvgIpc) is 3.00. The van der Waals surface area contributed by atoms with Crippen molar-refractivity contribution in [2.24, 2.45) is 0 Å². The molecule has 2 fully saturated rings. The molecule has 5 rings (SSSR count). The molecule has 2 saturated heterocycles. The number of hydrogen-bond donors (Lipinski definition) is 2. The van der Waals surface area contributed by atoms with Crippen LogP contribution in [0.2, 0.25) is 0 Å². The Morgan fingerprint density at radius 3 is 2.19 bits per heavy atom. The Balaban J connectivity index is 1.62. The minimum Gasteiger partial charge on any atom is -0.478 e. The number of carboxylic acids is 1. The zero-order chi connectivity index (χ0) is 34.4. The number of ether oxygens (including phenoxy) is 1. The van der Waals surface area contributed by atoms with Crippen molar-refractivity contribution in [3.8, 4) is 11.1 Å². The fourth-order valence-corrected chi connectivity index (χ4v) is 5.91. The number of nitrogens with one attached hydrogen (secondary N) is 1. The van der Waals surface area contributed by atoms with Crippen molar-refractivity contribution in [1.82, 2.24) is 14.9 Å². The van der Waals surface area contributed by atoms with E-state index in [2.05, 4.69) is 15.3 Å². The summed E-state index contributed by atoms with van der Waals surface area (Å²) >= 11 is 0. The highest BCUT2D eigenvalue weighted by molar-refractivity contribution is 6.09. The highest BCUT2D eigenvalue weighted by Crippen LogP contribution is 2.41. The predicted octanol–water partition coefficient (Wildman–Crippen LogP) is 5.28. The standard InChI is InChI=1S/C31H32F6N6O4/c1-15-12-43(13-16(2)41(15)4)22-9-21(33)23(18-10-38-30(39-11-18)42-7-8-47-17(3)14-42)26(34)27(22)40-28(44)19-5-6-20(32)24(29(45)46)25(19)31(35,36)37/h5-6,9-11,15-17H,7-8,12-14H2,1-4H3,(H,40,44)(H,45,46)/t15-,16+,17-/m0/s1. The molecule has 2 aliphatic heterocycles. The highest BCUT2D eigenvalue weighted by atomic mass is 19.4. The van der Waals surface area contributed by atoms with Crippen LogP contribution in [0.25, 0.3) is 11.1 Å². The third-order valence-electron chi connectivity index (χ3n) is 8.48. The zero-order valence-electron chi connectivity index (χ0n) is 25.8. The maximum absolute atomic E-state index is 16.5. The van der Waals surface area contributed by atoms with Gasteiger partial charge < -0.3 is 25.0 Å². The molecule has 0 unspecified atom stereocenters. The number of amides is 1. The molecule has 252 valence electrons. The molecule has 47 heavy (non-hydrogen) atoms. The predicted molar refractivity (Wildman–Crippen MR) is 160 cm³/mol. The first-order chi connectivity index (χ1) is 22.1. The quantitative estimate of drug-likeness (QED) is 0.340. The number of aromatic nitrogens is 2. The molecule has 0 radical (unpaired) electrons. The van der Waals surface area contributed by atoms with E-state index in [0.717, 1.165) is 6.07 Å². The monoisotopic (exact) mass is 666 g/mol. The molecule has 16 heteroatoms. The molecule has 1 aromatic heterocycles. The molecule has 0 aliphatic carbocycles. The summed E-state index contributed by atoms with van der Waals surface area (Å²) in [7, 11) is 1.87. The van der Waals surface area contributed by atoms with Crippen molar-refractivity contribution in [2.75, 3.05) is 55.0 Å². The van der Waals surface area contributed by atoms with Crippen LogP contribution in [-0.4, -0.2) is 89.9 Å². The Kier molecular flexibility index (Phi) is 9.37. The smallest absolute Gasteiger partial charge is 0.418 e. The second kappa shape index (κ2) is 13.0. The van der Waals surface area contributed by atoms with Gasteiger partial charge >= 0.3 is 12.1 Å². The second-order valence-corrected chi connectivity index (χ2v) is 11.7. The molecule has 10 nitrogen and oxygen atoms in total. The van der Waals surface area contributed by atoms with Gasteiger partial charge in [0.05, 0.1) is 35.1 Å². The molecule has 2 N–H and O–H groups in total. The largest absolute Gasteiger partial charge is 0.478 e. The third-order valence-corrected chi connectivity index (χ3v) is 8.48. The van der Waals surface area contributed by atoms with Gasteiger partial charge in [0.25, 0.3) is 5.91 Å². The van der Waals surface area contributed by atoms with E-state index >= 15 is 8.78 Å². The number of hydrogen-bond acceptors (Lipinski definition) is 8. The lowest BCUT2D eigenvalue weighted by Crippen LogP contribution is -2.55. The molecule has 1 amide bonds. The fraction of sp³-hybridized carbons (Fsp3) is 0.419. The second-order valence-electron chi connectivity index (χ2n) is 11.7. The number of morpholine rings is 1. The van der Waals surface area contributed by atoms with E-state index in [1.807, 2.05) is 37.6 Å². The van der Waals surface area contributed by atoms with Crippen LogP contribution in [0, 0.1) is 17.5 Å². The van der Waals surface area contributed by atoms with Gasteiger partial charge in [-0.05, 0) is 40.0 Å². The summed E-state index contributed by atoms with van der Waals surface area (Å²) < 4.78 is 94.4. The molecule has 3 atom stereocenters. The Hall–Kier alpha value is -4.44. The normalized spacial score (nSPS) is 20.8. The van der Waals surface area contributed by atoms with Crippen LogP contribution in [-0.2, 0) is 10.9 Å². The van der Waals surface area contributed by atoms with Crippen LogP contribution in [0.4, 0.5) is 43.7 Å². The lowest BCUT2D eigenvalue weighted by atomic mass is 9.98. The van der Waals surface area contributed by atoms with Gasteiger partial charge in [0.1, 0.15) is 22.9 Å². The van der Waals surface area contributed by atoms with Crippen LogP contribution >= 0.6 is 0 Å². The Labute approximate surface area is 266 Å². The number of anilines is 3. The summed E-state index contributed by atoms with van der Waals surface area (Å²) in [5.41, 5.74) is -6.65. The van der Waals surface area contributed by atoms with Gasteiger partial charge in [0.15, 0.2) is 5.82 Å². The van der Waals surface area contributed by atoms with E-state index in [9.17, 15) is 32.3 Å². The maximum atomic E-state index is 16.5. The summed E-state index contributed by atoms with van der Waals surface area (Å²) in [5.74, 6) is -7.63. The third kappa shape index (κ3) is 6.70. The van der Waals surface area contributed by atoms with Gasteiger partial charge in [0.2, 0.25) is 5.95 Å². The minimum atomic E-state index is -5.47. The fourth-order valence-electron chi connectivity index (χ4n) is 5.91. The number of carbonyl (C=O) groups is 2. The van der Waals surface area contributed by atoms with E-state index in [1.165, 1.54) is 12.4 Å². The van der Waals surface area contributed by atoms with Crippen molar-refractivity contribution in [1.29, 1.82) is 0 Å². The Morgan fingerprint density at radius 2 is 1.62 bits per heavy atom. The molecule has 3 heterocycles. The summed E-state index contributed by atoms with van der Waals surface area (Å²) in [6.45, 7) is 7.51. The Bertz CT molecular complexity index is 1680. The SMILES string of the molecule is C[C@@H]1CN(c2cc(F)c(-c3cnc(N4CCO[C@@H](C)C4)nc3)c(F)c2NC(=O)c2ccc(F)c(C(=O)O)c2C(F)(F)F)C[C@H](C)N1C. The van der Waals surface area contributed by atoms with Gasteiger partial charge in [-0.2, -0.15) is 13.2 Å². The number of nitrogens with zero attached hydrogens (tertiary/aromatic N) is 5. The summed E-state index contributed by atoms with van der Waals surface area (Å²) in [6.07, 6.45) is -3.19. The summed E-state index contributed by atoms with van der Waals surface area (Å²) in [5, 5.41) is 11.5. The first-order valence-corrected chi connectivity index (χ1v) is 14.7. The van der Waals surface area contributed by atoms with E-state index in [4.69, 9.17) is 4.74 Å². The minimum absolute atomic E-state index is 0.0915. The number of aromatic carboxylic acids is 1. The van der Waals surface area contributed by atoms with Gasteiger partial charge in [-0.15, -0.1) is 0 Å². The van der Waals surface area contributed by atoms with Crippen LogP contribution in [0.3, 0.4) is 0 Å². The van der Waals surface area contributed by atoms with Gasteiger partial charge in [-0.25, -0.2) is 27.9 Å². The van der Waals surface area contributed by atoms with E-state index in [0.29, 0.717) is 37.8 Å². The van der Waals surface area contributed by atoms with Crippen LogP contribution in [0.1, 0.15) is 47.1 Å². The summed E-state index contributed by atoms with van der Waals surface area (Å²) in [6, 6.07) is 1.59. The number of alkyl halides is 3. The first kappa shape index (κ1) is 33.9. The number of carboxylic acid groups (broad SMARTS) is 1. The zero-order valence-corrected chi connectivity index (χ0v) is 25.8. The van der Waals surface area contributed by atoms with Gasteiger partial charge in [-0.1, -0.05) is 0 Å².